The van der Waals surface area contributed by atoms with Crippen molar-refractivity contribution in [1.82, 2.24) is 20.4 Å². The number of aromatic amines is 1. The van der Waals surface area contributed by atoms with E-state index in [-0.39, 0.29) is 48.9 Å². The van der Waals surface area contributed by atoms with E-state index < -0.39 is 9.84 Å². The Kier molecular flexibility index (Phi) is 6.91. The van der Waals surface area contributed by atoms with Crippen molar-refractivity contribution < 1.29 is 18.0 Å². The number of nitrogens with zero attached hydrogens (tertiary/aromatic N) is 3. The minimum absolute atomic E-state index is 0.0176. The molecule has 3 N–H and O–H groups in total. The van der Waals surface area contributed by atoms with Crippen molar-refractivity contribution >= 4 is 33.2 Å². The minimum atomic E-state index is -3.05. The maximum atomic E-state index is 12.6. The second-order valence-corrected chi connectivity index (χ2v) is 9.55. The molecule has 2 amide bonds. The van der Waals surface area contributed by atoms with Crippen LogP contribution >= 0.6 is 0 Å². The van der Waals surface area contributed by atoms with Gasteiger partial charge in [-0.15, -0.1) is 0 Å². The van der Waals surface area contributed by atoms with Gasteiger partial charge in [0.1, 0.15) is 11.4 Å². The number of anilines is 2. The topological polar surface area (TPSA) is 148 Å². The molecule has 164 valence electrons. The van der Waals surface area contributed by atoms with Crippen LogP contribution in [-0.2, 0) is 9.84 Å². The smallest absolute Gasteiger partial charge is 0.256 e. The summed E-state index contributed by atoms with van der Waals surface area (Å²) in [5.41, 5.74) is 1.40. The third-order valence-corrected chi connectivity index (χ3v) is 6.69. The Morgan fingerprint density at radius 1 is 1.26 bits per heavy atom. The van der Waals surface area contributed by atoms with Crippen LogP contribution in [-0.4, -0.2) is 66.0 Å². The van der Waals surface area contributed by atoms with Gasteiger partial charge >= 0.3 is 0 Å². The van der Waals surface area contributed by atoms with Gasteiger partial charge in [-0.2, -0.15) is 10.4 Å². The molecule has 0 saturated carbocycles. The molecule has 1 unspecified atom stereocenters. The zero-order chi connectivity index (χ0) is 22.4. The van der Waals surface area contributed by atoms with Gasteiger partial charge in [-0.25, -0.2) is 8.42 Å². The monoisotopic (exact) mass is 444 g/mol. The van der Waals surface area contributed by atoms with Crippen molar-refractivity contribution in [3.8, 4) is 6.07 Å². The second kappa shape index (κ2) is 9.61. The minimum Gasteiger partial charge on any atom is -0.348 e. The summed E-state index contributed by atoms with van der Waals surface area (Å²) >= 11 is 0. The molecule has 2 heterocycles. The summed E-state index contributed by atoms with van der Waals surface area (Å²) in [5, 5.41) is 21.4. The van der Waals surface area contributed by atoms with Crippen molar-refractivity contribution in [3.05, 3.63) is 41.6 Å². The summed E-state index contributed by atoms with van der Waals surface area (Å²) in [6, 6.07) is 8.49. The van der Waals surface area contributed by atoms with Crippen LogP contribution in [0.25, 0.3) is 0 Å². The highest BCUT2D eigenvalue weighted by molar-refractivity contribution is 7.91. The van der Waals surface area contributed by atoms with Crippen LogP contribution in [0.1, 0.15) is 40.5 Å². The number of hydrogen-bond acceptors (Lipinski definition) is 7. The summed E-state index contributed by atoms with van der Waals surface area (Å²) in [5.74, 6) is -0.201. The Balaban J connectivity index is 1.65. The molecular formula is C20H24N6O4S. The number of carbonyl (C=O) groups is 2. The van der Waals surface area contributed by atoms with E-state index in [1.54, 1.807) is 24.3 Å². The van der Waals surface area contributed by atoms with Crippen molar-refractivity contribution in [1.29, 1.82) is 5.26 Å². The number of nitriles is 1. The molecule has 0 radical (unpaired) electrons. The molecule has 3 rings (SSSR count). The number of aromatic nitrogens is 2. The number of nitrogens with one attached hydrogen (secondary N) is 3. The highest BCUT2D eigenvalue weighted by Crippen LogP contribution is 2.20. The van der Waals surface area contributed by atoms with Crippen LogP contribution < -0.4 is 10.6 Å². The zero-order valence-electron chi connectivity index (χ0n) is 17.1. The Hall–Kier alpha value is -3.39. The van der Waals surface area contributed by atoms with Crippen molar-refractivity contribution in [2.45, 2.75) is 25.8 Å². The van der Waals surface area contributed by atoms with Crippen LogP contribution in [0.2, 0.25) is 0 Å². The highest BCUT2D eigenvalue weighted by Gasteiger charge is 2.25. The molecule has 0 bridgehead atoms. The third-order valence-electron chi connectivity index (χ3n) is 5.08. The summed E-state index contributed by atoms with van der Waals surface area (Å²) in [6.07, 6.45) is 2.26. The molecule has 31 heavy (non-hydrogen) atoms. The lowest BCUT2D eigenvalue weighted by Gasteiger charge is -2.26. The Morgan fingerprint density at radius 2 is 1.94 bits per heavy atom. The van der Waals surface area contributed by atoms with Gasteiger partial charge in [0.25, 0.3) is 11.8 Å². The van der Waals surface area contributed by atoms with Crippen LogP contribution in [0.4, 0.5) is 11.5 Å². The molecule has 1 aliphatic heterocycles. The normalized spacial score (nSPS) is 16.2. The summed E-state index contributed by atoms with van der Waals surface area (Å²) < 4.78 is 23.1. The molecule has 1 aromatic carbocycles. The fourth-order valence-electron chi connectivity index (χ4n) is 3.16. The van der Waals surface area contributed by atoms with E-state index >= 15 is 0 Å². The molecule has 1 aliphatic rings. The molecule has 11 heteroatoms. The lowest BCUT2D eigenvalue weighted by Crippen LogP contribution is -2.43. The maximum absolute atomic E-state index is 12.6. The molecule has 1 fully saturated rings. The molecule has 0 aliphatic carbocycles. The number of hydrogen-bond donors (Lipinski definition) is 3. The number of rotatable bonds is 7. The van der Waals surface area contributed by atoms with Crippen molar-refractivity contribution in [3.63, 3.8) is 0 Å². The number of amides is 2. The van der Waals surface area contributed by atoms with Crippen LogP contribution in [0.3, 0.4) is 0 Å². The molecule has 1 aromatic heterocycles. The fourth-order valence-corrected chi connectivity index (χ4v) is 4.36. The predicted molar refractivity (Wildman–Crippen MR) is 115 cm³/mol. The first-order valence-corrected chi connectivity index (χ1v) is 11.7. The highest BCUT2D eigenvalue weighted by atomic mass is 32.2. The number of H-pyrrole nitrogens is 1. The van der Waals surface area contributed by atoms with Gasteiger partial charge in [0.2, 0.25) is 0 Å². The van der Waals surface area contributed by atoms with Crippen molar-refractivity contribution in [2.75, 3.05) is 29.9 Å². The van der Waals surface area contributed by atoms with Gasteiger partial charge in [-0.05, 0) is 30.7 Å². The van der Waals surface area contributed by atoms with Gasteiger partial charge in [0.05, 0.1) is 30.2 Å². The Morgan fingerprint density at radius 3 is 2.55 bits per heavy atom. The van der Waals surface area contributed by atoms with Gasteiger partial charge in [0.15, 0.2) is 9.84 Å². The lowest BCUT2D eigenvalue weighted by molar-refractivity contribution is 0.0770. The van der Waals surface area contributed by atoms with E-state index in [2.05, 4.69) is 26.9 Å². The standard InChI is InChI=1S/C20H24N6O4S/c1-2-15(7-8-21)24-19(27)17-13-22-25-18(17)23-16-5-3-14(4-6-16)20(28)26-9-11-31(29,30)12-10-26/h3-6,13,15H,2,7,9-12H2,1H3,(H,24,27)(H2,22,23,25). The van der Waals surface area contributed by atoms with E-state index in [0.29, 0.717) is 29.1 Å². The lowest BCUT2D eigenvalue weighted by atomic mass is 10.1. The Bertz CT molecular complexity index is 1070. The fraction of sp³-hybridized carbons (Fsp3) is 0.400. The summed E-state index contributed by atoms with van der Waals surface area (Å²) in [7, 11) is -3.05. The first-order valence-electron chi connectivity index (χ1n) is 9.91. The van der Waals surface area contributed by atoms with Gasteiger partial charge in [-0.1, -0.05) is 6.92 Å². The first-order chi connectivity index (χ1) is 14.8. The average Bonchev–Trinajstić information content (AvgIpc) is 3.21. The predicted octanol–water partition coefficient (Wildman–Crippen LogP) is 1.45. The average molecular weight is 445 g/mol. The second-order valence-electron chi connectivity index (χ2n) is 7.25. The molecule has 10 nitrogen and oxygen atoms in total. The van der Waals surface area contributed by atoms with Crippen LogP contribution in [0, 0.1) is 11.3 Å². The van der Waals surface area contributed by atoms with Crippen LogP contribution in [0.5, 0.6) is 0 Å². The van der Waals surface area contributed by atoms with Gasteiger partial charge in [0, 0.05) is 30.4 Å². The largest absolute Gasteiger partial charge is 0.348 e. The number of benzene rings is 1. The quantitative estimate of drug-likeness (QED) is 0.585. The molecule has 1 saturated heterocycles. The zero-order valence-corrected chi connectivity index (χ0v) is 17.9. The number of sulfone groups is 1. The number of carbonyl (C=O) groups excluding carboxylic acids is 2. The SMILES string of the molecule is CCC(CC#N)NC(=O)c1cn[nH]c1Nc1ccc(C(=O)N2CCS(=O)(=O)CC2)cc1. The Labute approximate surface area is 180 Å². The third kappa shape index (κ3) is 5.61. The molecular weight excluding hydrogens is 420 g/mol. The summed E-state index contributed by atoms with van der Waals surface area (Å²) in [4.78, 5) is 26.6. The maximum Gasteiger partial charge on any atom is 0.256 e. The van der Waals surface area contributed by atoms with Crippen molar-refractivity contribution in [2.24, 2.45) is 0 Å². The van der Waals surface area contributed by atoms with E-state index in [9.17, 15) is 18.0 Å². The van der Waals surface area contributed by atoms with E-state index in [1.807, 2.05) is 6.92 Å². The van der Waals surface area contributed by atoms with E-state index in [1.165, 1.54) is 11.1 Å². The first kappa shape index (κ1) is 22.3. The van der Waals surface area contributed by atoms with E-state index in [0.717, 1.165) is 0 Å². The molecule has 2 aromatic rings. The molecule has 0 spiro atoms. The van der Waals surface area contributed by atoms with Gasteiger partial charge in [-0.3, -0.25) is 14.7 Å². The van der Waals surface area contributed by atoms with Gasteiger partial charge < -0.3 is 15.5 Å². The molecule has 1 atom stereocenters. The van der Waals surface area contributed by atoms with E-state index in [4.69, 9.17) is 5.26 Å². The summed E-state index contributed by atoms with van der Waals surface area (Å²) in [6.45, 7) is 2.28. The van der Waals surface area contributed by atoms with Crippen LogP contribution in [0.15, 0.2) is 30.5 Å².